The van der Waals surface area contributed by atoms with Gasteiger partial charge in [-0.15, -0.1) is 24.0 Å². The number of ether oxygens (including phenoxy) is 2. The number of aliphatic imine (C=N–C) groups is 1. The van der Waals surface area contributed by atoms with Crippen molar-refractivity contribution in [2.24, 2.45) is 4.99 Å². The van der Waals surface area contributed by atoms with Gasteiger partial charge in [0.15, 0.2) is 5.96 Å². The number of hydrogen-bond donors (Lipinski definition) is 4. The van der Waals surface area contributed by atoms with Gasteiger partial charge in [0.1, 0.15) is 5.75 Å². The molecular weight excluding hydrogens is 487 g/mol. The van der Waals surface area contributed by atoms with Crippen LogP contribution in [0, 0.1) is 0 Å². The fourth-order valence-electron chi connectivity index (χ4n) is 2.81. The smallest absolute Gasteiger partial charge is 0.255 e. The minimum absolute atomic E-state index is 0. The van der Waals surface area contributed by atoms with Crippen molar-refractivity contribution in [1.29, 1.82) is 0 Å². The van der Waals surface area contributed by atoms with Crippen LogP contribution < -0.4 is 16.0 Å². The molecule has 2 rings (SSSR count). The minimum atomic E-state index is -0.301. The van der Waals surface area contributed by atoms with Crippen LogP contribution >= 0.6 is 24.0 Å². The summed E-state index contributed by atoms with van der Waals surface area (Å²) in [6.45, 7) is 6.54. The fraction of sp³-hybridized carbons (Fsp3) is 0.600. The molecular formula is C20H33IN4O4. The topological polar surface area (TPSA) is 104 Å². The molecule has 8 nitrogen and oxygen atoms in total. The molecule has 0 aliphatic carbocycles. The molecule has 1 aliphatic rings. The SMILES string of the molecule is CCNC(=NCCCOCC1CCCO1)NCCNC(=O)c1ccccc1O.I. The van der Waals surface area contributed by atoms with Crippen LogP contribution in [0.4, 0.5) is 0 Å². The summed E-state index contributed by atoms with van der Waals surface area (Å²) in [5.41, 5.74) is 0.270. The monoisotopic (exact) mass is 520 g/mol. The molecule has 0 aromatic heterocycles. The van der Waals surface area contributed by atoms with Gasteiger partial charge in [0.2, 0.25) is 0 Å². The summed E-state index contributed by atoms with van der Waals surface area (Å²) in [5, 5.41) is 18.8. The van der Waals surface area contributed by atoms with Gasteiger partial charge in [-0.3, -0.25) is 9.79 Å². The number of phenolic OH excluding ortho intramolecular Hbond substituents is 1. The van der Waals surface area contributed by atoms with Gasteiger partial charge in [-0.05, 0) is 38.3 Å². The molecule has 1 saturated heterocycles. The zero-order chi connectivity index (χ0) is 20.0. The number of nitrogens with zero attached hydrogens (tertiary/aromatic N) is 1. The summed E-state index contributed by atoms with van der Waals surface area (Å²) in [6.07, 6.45) is 3.32. The zero-order valence-corrected chi connectivity index (χ0v) is 19.3. The van der Waals surface area contributed by atoms with E-state index in [0.717, 1.165) is 32.4 Å². The maximum absolute atomic E-state index is 12.0. The first-order valence-corrected chi connectivity index (χ1v) is 9.98. The Kier molecular flexibility index (Phi) is 13.4. The molecule has 29 heavy (non-hydrogen) atoms. The molecule has 1 aliphatic heterocycles. The Bertz CT molecular complexity index is 624. The first kappa shape index (κ1) is 25.4. The molecule has 1 unspecified atom stereocenters. The first-order chi connectivity index (χ1) is 13.7. The maximum atomic E-state index is 12.0. The summed E-state index contributed by atoms with van der Waals surface area (Å²) in [7, 11) is 0. The second-order valence-electron chi connectivity index (χ2n) is 6.52. The normalized spacial score (nSPS) is 16.2. The lowest BCUT2D eigenvalue weighted by Crippen LogP contribution is -2.41. The van der Waals surface area contributed by atoms with Gasteiger partial charge in [-0.1, -0.05) is 12.1 Å². The molecule has 1 amide bonds. The largest absolute Gasteiger partial charge is 0.507 e. The average molecular weight is 520 g/mol. The molecule has 9 heteroatoms. The second kappa shape index (κ2) is 15.3. The average Bonchev–Trinajstić information content (AvgIpc) is 3.21. The van der Waals surface area contributed by atoms with Crippen LogP contribution in [-0.4, -0.2) is 69.1 Å². The Balaban J connectivity index is 0.00000420. The molecule has 4 N–H and O–H groups in total. The van der Waals surface area contributed by atoms with Crippen LogP contribution in [-0.2, 0) is 9.47 Å². The van der Waals surface area contributed by atoms with Crippen molar-refractivity contribution >= 4 is 35.8 Å². The Labute approximate surface area is 189 Å². The van der Waals surface area contributed by atoms with Crippen LogP contribution in [0.1, 0.15) is 36.5 Å². The number of benzene rings is 1. The summed E-state index contributed by atoms with van der Waals surface area (Å²) in [6, 6.07) is 6.48. The van der Waals surface area contributed by atoms with Crippen LogP contribution in [0.25, 0.3) is 0 Å². The Morgan fingerprint density at radius 3 is 2.79 bits per heavy atom. The molecule has 1 heterocycles. The van der Waals surface area contributed by atoms with E-state index < -0.39 is 0 Å². The molecule has 0 bridgehead atoms. The molecule has 0 radical (unpaired) electrons. The predicted octanol–water partition coefficient (Wildman–Crippen LogP) is 1.88. The number of para-hydroxylation sites is 1. The van der Waals surface area contributed by atoms with Crippen molar-refractivity contribution in [2.45, 2.75) is 32.3 Å². The van der Waals surface area contributed by atoms with Crippen molar-refractivity contribution in [3.05, 3.63) is 29.8 Å². The molecule has 1 aromatic carbocycles. The van der Waals surface area contributed by atoms with Gasteiger partial charge in [0.25, 0.3) is 5.91 Å². The number of carbonyl (C=O) groups excluding carboxylic acids is 1. The lowest BCUT2D eigenvalue weighted by atomic mass is 10.2. The Morgan fingerprint density at radius 1 is 1.28 bits per heavy atom. The molecule has 0 saturated carbocycles. The van der Waals surface area contributed by atoms with E-state index in [1.807, 2.05) is 6.92 Å². The van der Waals surface area contributed by atoms with E-state index in [0.29, 0.717) is 38.8 Å². The number of hydrogen-bond acceptors (Lipinski definition) is 5. The third-order valence-electron chi connectivity index (χ3n) is 4.24. The third kappa shape index (κ3) is 10.1. The lowest BCUT2D eigenvalue weighted by molar-refractivity contribution is 0.0171. The Morgan fingerprint density at radius 2 is 2.07 bits per heavy atom. The minimum Gasteiger partial charge on any atom is -0.507 e. The molecule has 1 fully saturated rings. The van der Waals surface area contributed by atoms with Gasteiger partial charge in [0, 0.05) is 39.4 Å². The third-order valence-corrected chi connectivity index (χ3v) is 4.24. The quantitative estimate of drug-likeness (QED) is 0.154. The number of carbonyl (C=O) groups is 1. The van der Waals surface area contributed by atoms with Gasteiger partial charge < -0.3 is 30.5 Å². The van der Waals surface area contributed by atoms with E-state index in [4.69, 9.17) is 9.47 Å². The predicted molar refractivity (Wildman–Crippen MR) is 124 cm³/mol. The highest BCUT2D eigenvalue weighted by Crippen LogP contribution is 2.14. The Hall–Kier alpha value is -1.59. The van der Waals surface area contributed by atoms with Crippen molar-refractivity contribution in [3.63, 3.8) is 0 Å². The van der Waals surface area contributed by atoms with Gasteiger partial charge in [-0.25, -0.2) is 0 Å². The number of rotatable bonds is 11. The number of halogens is 1. The summed E-state index contributed by atoms with van der Waals surface area (Å²) in [4.78, 5) is 16.5. The highest BCUT2D eigenvalue weighted by molar-refractivity contribution is 14.0. The van der Waals surface area contributed by atoms with E-state index in [9.17, 15) is 9.90 Å². The number of nitrogens with one attached hydrogen (secondary N) is 3. The van der Waals surface area contributed by atoms with E-state index in [-0.39, 0.29) is 47.3 Å². The van der Waals surface area contributed by atoms with Gasteiger partial charge >= 0.3 is 0 Å². The number of aromatic hydroxyl groups is 1. The first-order valence-electron chi connectivity index (χ1n) is 9.98. The van der Waals surface area contributed by atoms with Crippen molar-refractivity contribution in [3.8, 4) is 5.75 Å². The maximum Gasteiger partial charge on any atom is 0.255 e. The number of amides is 1. The standard InChI is InChI=1S/C20H32N4O4.HI/c1-2-21-20(23-10-6-13-27-15-16-7-5-14-28-16)24-12-11-22-19(26)17-8-3-4-9-18(17)25;/h3-4,8-9,16,25H,2,5-7,10-15H2,1H3,(H,22,26)(H2,21,23,24);1H. The van der Waals surface area contributed by atoms with E-state index in [1.54, 1.807) is 18.2 Å². The highest BCUT2D eigenvalue weighted by Gasteiger charge is 2.14. The van der Waals surface area contributed by atoms with Crippen molar-refractivity contribution in [1.82, 2.24) is 16.0 Å². The van der Waals surface area contributed by atoms with E-state index >= 15 is 0 Å². The second-order valence-corrected chi connectivity index (χ2v) is 6.52. The zero-order valence-electron chi connectivity index (χ0n) is 17.0. The van der Waals surface area contributed by atoms with Crippen LogP contribution in [0.15, 0.2) is 29.3 Å². The lowest BCUT2D eigenvalue weighted by Gasteiger charge is -2.12. The van der Waals surface area contributed by atoms with Crippen molar-refractivity contribution < 1.29 is 19.4 Å². The van der Waals surface area contributed by atoms with Gasteiger partial charge in [-0.2, -0.15) is 0 Å². The molecule has 1 atom stereocenters. The van der Waals surface area contributed by atoms with E-state index in [2.05, 4.69) is 20.9 Å². The summed E-state index contributed by atoms with van der Waals surface area (Å²) in [5.74, 6) is 0.383. The highest BCUT2D eigenvalue weighted by atomic mass is 127. The number of guanidine groups is 1. The van der Waals surface area contributed by atoms with Gasteiger partial charge in [0.05, 0.1) is 18.3 Å². The molecule has 1 aromatic rings. The molecule has 164 valence electrons. The fourth-order valence-corrected chi connectivity index (χ4v) is 2.81. The summed E-state index contributed by atoms with van der Waals surface area (Å²) >= 11 is 0. The van der Waals surface area contributed by atoms with Crippen molar-refractivity contribution in [2.75, 3.05) is 46.0 Å². The van der Waals surface area contributed by atoms with E-state index in [1.165, 1.54) is 6.07 Å². The summed E-state index contributed by atoms with van der Waals surface area (Å²) < 4.78 is 11.2. The van der Waals surface area contributed by atoms with Crippen LogP contribution in [0.3, 0.4) is 0 Å². The van der Waals surface area contributed by atoms with Crippen LogP contribution in [0.2, 0.25) is 0 Å². The van der Waals surface area contributed by atoms with Crippen LogP contribution in [0.5, 0.6) is 5.75 Å². The number of phenols is 1. The molecule has 0 spiro atoms.